The molecule has 160 valence electrons. The number of nitrogens with one attached hydrogen (secondary N) is 1. The highest BCUT2D eigenvalue weighted by molar-refractivity contribution is 9.10. The first kappa shape index (κ1) is 22.4. The minimum atomic E-state index is -0.224. The van der Waals surface area contributed by atoms with Crippen molar-refractivity contribution in [3.05, 3.63) is 87.9 Å². The molecule has 0 spiro atoms. The molecule has 0 aliphatic carbocycles. The lowest BCUT2D eigenvalue weighted by atomic mass is 10.1. The third-order valence-electron chi connectivity index (χ3n) is 4.41. The zero-order valence-corrected chi connectivity index (χ0v) is 18.9. The Kier molecular flexibility index (Phi) is 8.06. The van der Waals surface area contributed by atoms with Crippen molar-refractivity contribution >= 4 is 28.1 Å². The molecule has 3 rings (SSSR count). The number of hydrazone groups is 1. The summed E-state index contributed by atoms with van der Waals surface area (Å²) in [5.74, 6) is 1.74. The van der Waals surface area contributed by atoms with Crippen molar-refractivity contribution in [2.45, 2.75) is 13.0 Å². The minimum absolute atomic E-state index is 0.181. The van der Waals surface area contributed by atoms with Crippen molar-refractivity contribution in [1.29, 1.82) is 0 Å². The SMILES string of the molecule is COc1ccc(CC(=O)N/N=C/c2ccc(OCc3ccc(Br)cc3)cc2)cc1OC. The lowest BCUT2D eigenvalue weighted by Crippen LogP contribution is -2.19. The van der Waals surface area contributed by atoms with Crippen molar-refractivity contribution in [3.63, 3.8) is 0 Å². The van der Waals surface area contributed by atoms with Crippen LogP contribution in [0.3, 0.4) is 0 Å². The molecule has 0 heterocycles. The van der Waals surface area contributed by atoms with E-state index < -0.39 is 0 Å². The van der Waals surface area contributed by atoms with Gasteiger partial charge in [-0.15, -0.1) is 0 Å². The van der Waals surface area contributed by atoms with E-state index in [1.165, 1.54) is 0 Å². The summed E-state index contributed by atoms with van der Waals surface area (Å²) in [6.07, 6.45) is 1.77. The van der Waals surface area contributed by atoms with Crippen LogP contribution in [-0.4, -0.2) is 26.3 Å². The first-order chi connectivity index (χ1) is 15.1. The van der Waals surface area contributed by atoms with Crippen LogP contribution in [0.5, 0.6) is 17.2 Å². The number of halogens is 1. The summed E-state index contributed by atoms with van der Waals surface area (Å²) in [5.41, 5.74) is 5.28. The average Bonchev–Trinajstić information content (AvgIpc) is 2.79. The first-order valence-corrected chi connectivity index (χ1v) is 10.4. The Bertz CT molecular complexity index is 1030. The second-order valence-corrected chi connectivity index (χ2v) is 7.56. The van der Waals surface area contributed by atoms with Crippen LogP contribution in [-0.2, 0) is 17.8 Å². The van der Waals surface area contributed by atoms with Crippen molar-refractivity contribution in [1.82, 2.24) is 5.43 Å². The number of ether oxygens (including phenoxy) is 3. The third kappa shape index (κ3) is 6.86. The molecule has 0 bridgehead atoms. The fraction of sp³-hybridized carbons (Fsp3) is 0.167. The smallest absolute Gasteiger partial charge is 0.244 e. The summed E-state index contributed by atoms with van der Waals surface area (Å²) in [4.78, 5) is 12.1. The summed E-state index contributed by atoms with van der Waals surface area (Å²) in [5, 5.41) is 4.02. The molecule has 0 fully saturated rings. The normalized spacial score (nSPS) is 10.7. The van der Waals surface area contributed by atoms with E-state index in [0.29, 0.717) is 18.1 Å². The van der Waals surface area contributed by atoms with Gasteiger partial charge in [0.1, 0.15) is 12.4 Å². The summed E-state index contributed by atoms with van der Waals surface area (Å²) in [6.45, 7) is 0.493. The molecule has 0 unspecified atom stereocenters. The maximum atomic E-state index is 12.1. The molecule has 31 heavy (non-hydrogen) atoms. The number of methoxy groups -OCH3 is 2. The molecule has 1 N–H and O–H groups in total. The topological polar surface area (TPSA) is 69.2 Å². The molecule has 0 aliphatic rings. The van der Waals surface area contributed by atoms with E-state index in [1.807, 2.05) is 54.6 Å². The maximum Gasteiger partial charge on any atom is 0.244 e. The van der Waals surface area contributed by atoms with Crippen molar-refractivity contribution < 1.29 is 19.0 Å². The molecular weight excluding hydrogens is 460 g/mol. The Labute approximate surface area is 190 Å². The van der Waals surface area contributed by atoms with E-state index in [9.17, 15) is 4.79 Å². The van der Waals surface area contributed by atoms with E-state index >= 15 is 0 Å². The number of benzene rings is 3. The molecule has 0 aromatic heterocycles. The van der Waals surface area contributed by atoms with E-state index in [1.54, 1.807) is 32.6 Å². The fourth-order valence-electron chi connectivity index (χ4n) is 2.79. The van der Waals surface area contributed by atoms with Crippen molar-refractivity contribution in [2.75, 3.05) is 14.2 Å². The third-order valence-corrected chi connectivity index (χ3v) is 4.94. The predicted molar refractivity (Wildman–Crippen MR) is 124 cm³/mol. The van der Waals surface area contributed by atoms with Gasteiger partial charge in [0.25, 0.3) is 0 Å². The maximum absolute atomic E-state index is 12.1. The van der Waals surface area contributed by atoms with Crippen LogP contribution in [0.15, 0.2) is 76.3 Å². The Balaban J connectivity index is 1.48. The molecule has 0 aliphatic heterocycles. The Hall–Kier alpha value is -3.32. The van der Waals surface area contributed by atoms with E-state index in [4.69, 9.17) is 14.2 Å². The molecule has 3 aromatic carbocycles. The van der Waals surface area contributed by atoms with Crippen molar-refractivity contribution in [3.8, 4) is 17.2 Å². The van der Waals surface area contributed by atoms with Crippen LogP contribution in [0.1, 0.15) is 16.7 Å². The Morgan fingerprint density at radius 2 is 1.61 bits per heavy atom. The number of hydrogen-bond donors (Lipinski definition) is 1. The van der Waals surface area contributed by atoms with Gasteiger partial charge in [0.15, 0.2) is 11.5 Å². The standard InChI is InChI=1S/C24H23BrN2O4/c1-29-22-12-7-19(13-23(22)30-2)14-24(28)27-26-15-17-5-10-21(11-6-17)31-16-18-3-8-20(25)9-4-18/h3-13,15H,14,16H2,1-2H3,(H,27,28)/b26-15+. The van der Waals surface area contributed by atoms with Crippen LogP contribution >= 0.6 is 15.9 Å². The summed E-state index contributed by atoms with van der Waals surface area (Å²) in [6, 6.07) is 20.8. The Morgan fingerprint density at radius 1 is 0.935 bits per heavy atom. The van der Waals surface area contributed by atoms with Crippen LogP contribution in [0.4, 0.5) is 0 Å². The highest BCUT2D eigenvalue weighted by Crippen LogP contribution is 2.27. The molecule has 0 atom stereocenters. The summed E-state index contributed by atoms with van der Waals surface area (Å²) < 4.78 is 17.3. The van der Waals surface area contributed by atoms with Crippen molar-refractivity contribution in [2.24, 2.45) is 5.10 Å². The summed E-state index contributed by atoms with van der Waals surface area (Å²) >= 11 is 3.42. The molecule has 1 amide bonds. The quantitative estimate of drug-likeness (QED) is 0.353. The molecule has 3 aromatic rings. The fourth-order valence-corrected chi connectivity index (χ4v) is 3.06. The van der Waals surface area contributed by atoms with Gasteiger partial charge in [-0.25, -0.2) is 5.43 Å². The zero-order chi connectivity index (χ0) is 22.1. The van der Waals surface area contributed by atoms with Gasteiger partial charge in [-0.1, -0.05) is 34.1 Å². The van der Waals surface area contributed by atoms with Gasteiger partial charge < -0.3 is 14.2 Å². The largest absolute Gasteiger partial charge is 0.493 e. The van der Waals surface area contributed by atoms with E-state index in [2.05, 4.69) is 26.5 Å². The molecule has 6 nitrogen and oxygen atoms in total. The predicted octanol–water partition coefficient (Wildman–Crippen LogP) is 4.74. The monoisotopic (exact) mass is 482 g/mol. The average molecular weight is 483 g/mol. The van der Waals surface area contributed by atoms with Gasteiger partial charge in [-0.3, -0.25) is 4.79 Å². The van der Waals surface area contributed by atoms with Gasteiger partial charge in [-0.2, -0.15) is 5.10 Å². The van der Waals surface area contributed by atoms with E-state index in [-0.39, 0.29) is 12.3 Å². The van der Waals surface area contributed by atoms with E-state index in [0.717, 1.165) is 26.9 Å². The molecular formula is C24H23BrN2O4. The summed E-state index contributed by atoms with van der Waals surface area (Å²) in [7, 11) is 3.13. The number of carbonyl (C=O) groups excluding carboxylic acids is 1. The van der Waals surface area contributed by atoms with Gasteiger partial charge in [-0.05, 0) is 65.2 Å². The van der Waals surface area contributed by atoms with Gasteiger partial charge in [0.2, 0.25) is 5.91 Å². The number of rotatable bonds is 9. The highest BCUT2D eigenvalue weighted by Gasteiger charge is 2.08. The Morgan fingerprint density at radius 3 is 2.29 bits per heavy atom. The second kappa shape index (κ2) is 11.2. The molecule has 0 saturated carbocycles. The first-order valence-electron chi connectivity index (χ1n) is 9.57. The van der Waals surface area contributed by atoms with Gasteiger partial charge in [0.05, 0.1) is 26.9 Å². The zero-order valence-electron chi connectivity index (χ0n) is 17.3. The van der Waals surface area contributed by atoms with Gasteiger partial charge >= 0.3 is 0 Å². The van der Waals surface area contributed by atoms with Crippen LogP contribution in [0.2, 0.25) is 0 Å². The number of hydrogen-bond acceptors (Lipinski definition) is 5. The number of amides is 1. The van der Waals surface area contributed by atoms with Crippen LogP contribution in [0, 0.1) is 0 Å². The molecule has 7 heteroatoms. The second-order valence-electron chi connectivity index (χ2n) is 6.64. The molecule has 0 radical (unpaired) electrons. The van der Waals surface area contributed by atoms with Gasteiger partial charge in [0, 0.05) is 4.47 Å². The lowest BCUT2D eigenvalue weighted by molar-refractivity contribution is -0.120. The highest BCUT2D eigenvalue weighted by atomic mass is 79.9. The number of nitrogens with zero attached hydrogens (tertiary/aromatic N) is 1. The van der Waals surface area contributed by atoms with Crippen LogP contribution in [0.25, 0.3) is 0 Å². The molecule has 0 saturated heterocycles. The van der Waals surface area contributed by atoms with Crippen LogP contribution < -0.4 is 19.6 Å². The minimum Gasteiger partial charge on any atom is -0.493 e. The number of carbonyl (C=O) groups is 1. The lowest BCUT2D eigenvalue weighted by Gasteiger charge is -2.09.